The number of rotatable bonds is 3. The predicted molar refractivity (Wildman–Crippen MR) is 52.8 cm³/mol. The highest BCUT2D eigenvalue weighted by Crippen LogP contribution is 2.11. The zero-order valence-corrected chi connectivity index (χ0v) is 8.63. The van der Waals surface area contributed by atoms with Crippen LogP contribution in [-0.4, -0.2) is 37.6 Å². The number of sulfonamides is 1. The topological polar surface area (TPSA) is 63.4 Å². The molecule has 1 unspecified atom stereocenters. The quantitative estimate of drug-likeness (QED) is 0.654. The van der Waals surface area contributed by atoms with Gasteiger partial charge in [0.15, 0.2) is 0 Å². The van der Waals surface area contributed by atoms with Crippen molar-refractivity contribution in [1.29, 1.82) is 0 Å². The summed E-state index contributed by atoms with van der Waals surface area (Å²) in [6.45, 7) is 2.91. The lowest BCUT2D eigenvalue weighted by Gasteiger charge is -2.25. The molecule has 0 saturated carbocycles. The third-order valence-electron chi connectivity index (χ3n) is 2.22. The maximum atomic E-state index is 11.7. The molecule has 0 spiro atoms. The van der Waals surface area contributed by atoms with Crippen molar-refractivity contribution in [2.75, 3.05) is 19.6 Å². The van der Waals surface area contributed by atoms with Gasteiger partial charge in [0.1, 0.15) is 0 Å². The Morgan fingerprint density at radius 2 is 2.23 bits per heavy atom. The molecule has 0 amide bonds. The van der Waals surface area contributed by atoms with E-state index in [-0.39, 0.29) is 6.54 Å². The maximum absolute atomic E-state index is 11.7. The standard InChI is InChI=1S/C8H16N2O2S/c1-8(7-9)13(11,12)10-5-3-2-4-6-10/h2-3,8H,4-7,9H2,1H3. The van der Waals surface area contributed by atoms with E-state index in [2.05, 4.69) is 0 Å². The van der Waals surface area contributed by atoms with E-state index in [1.807, 2.05) is 12.2 Å². The van der Waals surface area contributed by atoms with Crippen LogP contribution in [0.4, 0.5) is 0 Å². The second-order valence-corrected chi connectivity index (χ2v) is 5.56. The van der Waals surface area contributed by atoms with E-state index >= 15 is 0 Å². The monoisotopic (exact) mass is 204 g/mol. The first-order valence-electron chi connectivity index (χ1n) is 4.43. The Morgan fingerprint density at radius 3 is 2.69 bits per heavy atom. The van der Waals surface area contributed by atoms with Crippen LogP contribution >= 0.6 is 0 Å². The van der Waals surface area contributed by atoms with E-state index in [9.17, 15) is 8.42 Å². The fraction of sp³-hybridized carbons (Fsp3) is 0.750. The van der Waals surface area contributed by atoms with Gasteiger partial charge in [0.25, 0.3) is 0 Å². The second-order valence-electron chi connectivity index (χ2n) is 3.21. The van der Waals surface area contributed by atoms with E-state index in [1.54, 1.807) is 6.92 Å². The van der Waals surface area contributed by atoms with Crippen LogP contribution in [0.15, 0.2) is 12.2 Å². The molecule has 0 fully saturated rings. The van der Waals surface area contributed by atoms with Crippen LogP contribution in [0.25, 0.3) is 0 Å². The van der Waals surface area contributed by atoms with Gasteiger partial charge >= 0.3 is 0 Å². The van der Waals surface area contributed by atoms with Gasteiger partial charge in [0, 0.05) is 19.6 Å². The minimum Gasteiger partial charge on any atom is -0.329 e. The van der Waals surface area contributed by atoms with Gasteiger partial charge in [0.2, 0.25) is 10.0 Å². The van der Waals surface area contributed by atoms with Crippen LogP contribution in [-0.2, 0) is 10.0 Å². The van der Waals surface area contributed by atoms with Crippen LogP contribution < -0.4 is 5.73 Å². The summed E-state index contributed by atoms with van der Waals surface area (Å²) in [5.74, 6) is 0. The molecule has 0 saturated heterocycles. The summed E-state index contributed by atoms with van der Waals surface area (Å²) < 4.78 is 24.9. The lowest BCUT2D eigenvalue weighted by atomic mass is 10.3. The molecule has 0 aromatic carbocycles. The molecular weight excluding hydrogens is 188 g/mol. The van der Waals surface area contributed by atoms with Crippen molar-refractivity contribution in [3.05, 3.63) is 12.2 Å². The normalized spacial score (nSPS) is 21.7. The molecule has 76 valence electrons. The van der Waals surface area contributed by atoms with Gasteiger partial charge in [-0.05, 0) is 13.3 Å². The summed E-state index contributed by atoms with van der Waals surface area (Å²) in [6, 6.07) is 0. The molecule has 1 aliphatic heterocycles. The molecule has 1 heterocycles. The average Bonchev–Trinajstić information content (AvgIpc) is 2.18. The molecule has 0 radical (unpaired) electrons. The maximum Gasteiger partial charge on any atom is 0.218 e. The highest BCUT2D eigenvalue weighted by molar-refractivity contribution is 7.89. The van der Waals surface area contributed by atoms with Crippen molar-refractivity contribution in [1.82, 2.24) is 4.31 Å². The van der Waals surface area contributed by atoms with Crippen molar-refractivity contribution in [3.8, 4) is 0 Å². The molecule has 5 heteroatoms. The summed E-state index contributed by atoms with van der Waals surface area (Å²) in [6.07, 6.45) is 4.68. The molecule has 0 bridgehead atoms. The molecule has 1 atom stereocenters. The van der Waals surface area contributed by atoms with Crippen LogP contribution in [0.1, 0.15) is 13.3 Å². The fourth-order valence-corrected chi connectivity index (χ4v) is 2.63. The molecule has 4 nitrogen and oxygen atoms in total. The van der Waals surface area contributed by atoms with Gasteiger partial charge in [0.05, 0.1) is 5.25 Å². The van der Waals surface area contributed by atoms with Crippen molar-refractivity contribution >= 4 is 10.0 Å². The summed E-state index contributed by atoms with van der Waals surface area (Å²) in [5, 5.41) is -0.473. The van der Waals surface area contributed by atoms with Gasteiger partial charge in [-0.2, -0.15) is 4.31 Å². The van der Waals surface area contributed by atoms with Crippen LogP contribution in [0.3, 0.4) is 0 Å². The lowest BCUT2D eigenvalue weighted by Crippen LogP contribution is -2.42. The highest BCUT2D eigenvalue weighted by Gasteiger charge is 2.27. The summed E-state index contributed by atoms with van der Waals surface area (Å²) in [7, 11) is -3.16. The molecule has 1 rings (SSSR count). The summed E-state index contributed by atoms with van der Waals surface area (Å²) in [4.78, 5) is 0. The Morgan fingerprint density at radius 1 is 1.54 bits per heavy atom. The number of hydrogen-bond acceptors (Lipinski definition) is 3. The van der Waals surface area contributed by atoms with E-state index in [4.69, 9.17) is 5.73 Å². The average molecular weight is 204 g/mol. The predicted octanol–water partition coefficient (Wildman–Crippen LogP) is -0.0747. The Bertz CT molecular complexity index is 285. The van der Waals surface area contributed by atoms with E-state index < -0.39 is 15.3 Å². The zero-order valence-electron chi connectivity index (χ0n) is 7.81. The first-order chi connectivity index (χ1) is 6.09. The largest absolute Gasteiger partial charge is 0.329 e. The minimum atomic E-state index is -3.16. The van der Waals surface area contributed by atoms with Crippen LogP contribution in [0.2, 0.25) is 0 Å². The van der Waals surface area contributed by atoms with Crippen molar-refractivity contribution < 1.29 is 8.42 Å². The van der Waals surface area contributed by atoms with Gasteiger partial charge in [-0.1, -0.05) is 12.2 Å². The van der Waals surface area contributed by atoms with Crippen molar-refractivity contribution in [2.45, 2.75) is 18.6 Å². The van der Waals surface area contributed by atoms with Gasteiger partial charge in [-0.3, -0.25) is 0 Å². The van der Waals surface area contributed by atoms with Gasteiger partial charge < -0.3 is 5.73 Å². The second kappa shape index (κ2) is 4.21. The van der Waals surface area contributed by atoms with Crippen molar-refractivity contribution in [3.63, 3.8) is 0 Å². The Hall–Kier alpha value is -0.390. The third-order valence-corrected chi connectivity index (χ3v) is 4.48. The fourth-order valence-electron chi connectivity index (χ4n) is 1.23. The van der Waals surface area contributed by atoms with Crippen LogP contribution in [0.5, 0.6) is 0 Å². The lowest BCUT2D eigenvalue weighted by molar-refractivity contribution is 0.430. The van der Waals surface area contributed by atoms with Crippen molar-refractivity contribution in [2.24, 2.45) is 5.73 Å². The highest BCUT2D eigenvalue weighted by atomic mass is 32.2. The SMILES string of the molecule is CC(CN)S(=O)(=O)N1CC=CCC1. The Labute approximate surface area is 79.5 Å². The van der Waals surface area contributed by atoms with Crippen LogP contribution in [0, 0.1) is 0 Å². The third kappa shape index (κ3) is 2.30. The van der Waals surface area contributed by atoms with E-state index in [1.165, 1.54) is 4.31 Å². The van der Waals surface area contributed by atoms with Gasteiger partial charge in [-0.25, -0.2) is 8.42 Å². The van der Waals surface area contributed by atoms with E-state index in [0.29, 0.717) is 13.1 Å². The summed E-state index contributed by atoms with van der Waals surface area (Å²) >= 11 is 0. The molecule has 0 aromatic heterocycles. The van der Waals surface area contributed by atoms with Gasteiger partial charge in [-0.15, -0.1) is 0 Å². The number of nitrogens with zero attached hydrogens (tertiary/aromatic N) is 1. The zero-order chi connectivity index (χ0) is 9.90. The van der Waals surface area contributed by atoms with E-state index in [0.717, 1.165) is 6.42 Å². The molecular formula is C8H16N2O2S. The first-order valence-corrected chi connectivity index (χ1v) is 5.93. The number of hydrogen-bond donors (Lipinski definition) is 1. The molecule has 13 heavy (non-hydrogen) atoms. The molecule has 0 aromatic rings. The smallest absolute Gasteiger partial charge is 0.218 e. The molecule has 1 aliphatic rings. The molecule has 0 aliphatic carbocycles. The Balaban J connectivity index is 2.74. The molecule has 2 N–H and O–H groups in total. The minimum absolute atomic E-state index is 0.183. The summed E-state index contributed by atoms with van der Waals surface area (Å²) in [5.41, 5.74) is 5.34. The number of nitrogens with two attached hydrogens (primary N) is 1. The Kier molecular flexibility index (Phi) is 3.47. The first kappa shape index (κ1) is 10.7.